The van der Waals surface area contributed by atoms with Crippen LogP contribution in [0.5, 0.6) is 0 Å². The molecule has 1 amide bonds. The summed E-state index contributed by atoms with van der Waals surface area (Å²) in [7, 11) is 1.56. The van der Waals surface area contributed by atoms with Crippen molar-refractivity contribution in [3.05, 3.63) is 0 Å². The normalized spacial score (nSPS) is 20.3. The Bertz CT molecular complexity index is 182. The fourth-order valence-corrected chi connectivity index (χ4v) is 2.34. The van der Waals surface area contributed by atoms with Gasteiger partial charge in [0.2, 0.25) is 5.91 Å². The van der Waals surface area contributed by atoms with E-state index in [1.54, 1.807) is 7.11 Å². The number of carbonyl (C=O) groups is 1. The topological polar surface area (TPSA) is 55.6 Å². The zero-order chi connectivity index (χ0) is 10.4. The average molecular weight is 218 g/mol. The van der Waals surface area contributed by atoms with E-state index in [9.17, 15) is 4.79 Å². The number of methoxy groups -OCH3 is 1. The highest BCUT2D eigenvalue weighted by molar-refractivity contribution is 7.99. The molecule has 1 unspecified atom stereocenters. The molecule has 2 N–H and O–H groups in total. The highest BCUT2D eigenvalue weighted by Gasteiger charge is 2.21. The van der Waals surface area contributed by atoms with Crippen LogP contribution in [0.3, 0.4) is 0 Å². The number of thioether (sulfide) groups is 1. The fourth-order valence-electron chi connectivity index (χ4n) is 1.45. The van der Waals surface area contributed by atoms with E-state index in [2.05, 4.69) is 0 Å². The lowest BCUT2D eigenvalue weighted by molar-refractivity contribution is -0.133. The molecule has 1 aliphatic heterocycles. The van der Waals surface area contributed by atoms with Gasteiger partial charge in [-0.3, -0.25) is 4.79 Å². The second-order valence-corrected chi connectivity index (χ2v) is 4.58. The predicted molar refractivity (Wildman–Crippen MR) is 58.4 cm³/mol. The van der Waals surface area contributed by atoms with Gasteiger partial charge in [-0.1, -0.05) is 0 Å². The number of ether oxygens (including phenoxy) is 1. The van der Waals surface area contributed by atoms with Crippen molar-refractivity contribution in [2.75, 3.05) is 38.3 Å². The van der Waals surface area contributed by atoms with Crippen molar-refractivity contribution in [1.82, 2.24) is 4.90 Å². The molecule has 4 nitrogen and oxygen atoms in total. The fraction of sp³-hybridized carbons (Fsp3) is 0.889. The minimum atomic E-state index is -0.497. The first-order valence-electron chi connectivity index (χ1n) is 4.86. The van der Waals surface area contributed by atoms with Crippen LogP contribution < -0.4 is 5.73 Å². The molecule has 0 saturated carbocycles. The van der Waals surface area contributed by atoms with Crippen molar-refractivity contribution in [3.63, 3.8) is 0 Å². The number of hydrogen-bond donors (Lipinski definition) is 1. The summed E-state index contributed by atoms with van der Waals surface area (Å²) in [4.78, 5) is 13.6. The molecule has 0 bridgehead atoms. The Morgan fingerprint density at radius 2 is 2.36 bits per heavy atom. The van der Waals surface area contributed by atoms with Crippen LogP contribution >= 0.6 is 11.8 Å². The van der Waals surface area contributed by atoms with Gasteiger partial charge >= 0.3 is 0 Å². The zero-order valence-corrected chi connectivity index (χ0v) is 9.39. The van der Waals surface area contributed by atoms with Crippen molar-refractivity contribution >= 4 is 17.7 Å². The Hall–Kier alpha value is -0.260. The first-order valence-corrected chi connectivity index (χ1v) is 6.02. The van der Waals surface area contributed by atoms with E-state index in [0.717, 1.165) is 31.0 Å². The molecule has 0 aromatic heterocycles. The van der Waals surface area contributed by atoms with Gasteiger partial charge in [0.1, 0.15) is 6.04 Å². The summed E-state index contributed by atoms with van der Waals surface area (Å²) in [6, 6.07) is -0.497. The third-order valence-corrected chi connectivity index (χ3v) is 3.25. The van der Waals surface area contributed by atoms with Crippen LogP contribution in [0.1, 0.15) is 6.42 Å². The Morgan fingerprint density at radius 3 is 3.07 bits per heavy atom. The summed E-state index contributed by atoms with van der Waals surface area (Å²) in [5.41, 5.74) is 5.69. The molecule has 5 heteroatoms. The summed E-state index contributed by atoms with van der Waals surface area (Å²) >= 11 is 1.90. The molecule has 0 aromatic carbocycles. The highest BCUT2D eigenvalue weighted by atomic mass is 32.2. The molecule has 1 heterocycles. The quantitative estimate of drug-likeness (QED) is 0.720. The monoisotopic (exact) mass is 218 g/mol. The second kappa shape index (κ2) is 6.27. The molecule has 14 heavy (non-hydrogen) atoms. The van der Waals surface area contributed by atoms with Crippen molar-refractivity contribution in [3.8, 4) is 0 Å². The van der Waals surface area contributed by atoms with Gasteiger partial charge in [0, 0.05) is 26.0 Å². The molecule has 0 aliphatic carbocycles. The van der Waals surface area contributed by atoms with Crippen LogP contribution in [0.25, 0.3) is 0 Å². The standard InChI is InChI=1S/C9H18N2O2S/c1-13-7-8(10)9(12)11-3-2-5-14-6-4-11/h8H,2-7,10H2,1H3. The molecule has 1 fully saturated rings. The largest absolute Gasteiger partial charge is 0.383 e. The molecule has 1 rings (SSSR count). The minimum Gasteiger partial charge on any atom is -0.383 e. The molecule has 0 aromatic rings. The zero-order valence-electron chi connectivity index (χ0n) is 8.57. The lowest BCUT2D eigenvalue weighted by Crippen LogP contribution is -2.46. The number of amides is 1. The molecule has 1 atom stereocenters. The maximum Gasteiger partial charge on any atom is 0.241 e. The van der Waals surface area contributed by atoms with Crippen LogP contribution in [0.4, 0.5) is 0 Å². The van der Waals surface area contributed by atoms with Gasteiger partial charge in [0.05, 0.1) is 6.61 Å². The van der Waals surface area contributed by atoms with E-state index in [4.69, 9.17) is 10.5 Å². The average Bonchev–Trinajstić information content (AvgIpc) is 2.45. The van der Waals surface area contributed by atoms with Crippen molar-refractivity contribution in [1.29, 1.82) is 0 Å². The summed E-state index contributed by atoms with van der Waals surface area (Å²) in [6.45, 7) is 1.96. The van der Waals surface area contributed by atoms with Crippen LogP contribution in [0, 0.1) is 0 Å². The summed E-state index contributed by atoms with van der Waals surface area (Å²) < 4.78 is 4.87. The van der Waals surface area contributed by atoms with E-state index in [1.807, 2.05) is 16.7 Å². The van der Waals surface area contributed by atoms with E-state index in [0.29, 0.717) is 6.61 Å². The first-order chi connectivity index (χ1) is 6.75. The number of nitrogens with two attached hydrogens (primary N) is 1. The second-order valence-electron chi connectivity index (χ2n) is 3.35. The van der Waals surface area contributed by atoms with Gasteiger partial charge in [0.15, 0.2) is 0 Å². The Morgan fingerprint density at radius 1 is 1.57 bits per heavy atom. The van der Waals surface area contributed by atoms with Crippen LogP contribution in [0.2, 0.25) is 0 Å². The maximum atomic E-state index is 11.8. The maximum absolute atomic E-state index is 11.8. The van der Waals surface area contributed by atoms with Crippen LogP contribution in [-0.2, 0) is 9.53 Å². The van der Waals surface area contributed by atoms with Crippen molar-refractivity contribution in [2.45, 2.75) is 12.5 Å². The number of hydrogen-bond acceptors (Lipinski definition) is 4. The van der Waals surface area contributed by atoms with Gasteiger partial charge in [0.25, 0.3) is 0 Å². The molecule has 1 saturated heterocycles. The molecular formula is C9H18N2O2S. The molecule has 82 valence electrons. The Balaban J connectivity index is 2.40. The third kappa shape index (κ3) is 3.48. The summed E-state index contributed by atoms with van der Waals surface area (Å²) in [5, 5.41) is 0. The van der Waals surface area contributed by atoms with Crippen molar-refractivity contribution in [2.24, 2.45) is 5.73 Å². The third-order valence-electron chi connectivity index (χ3n) is 2.20. The van der Waals surface area contributed by atoms with E-state index in [1.165, 1.54) is 0 Å². The van der Waals surface area contributed by atoms with Gasteiger partial charge in [-0.15, -0.1) is 0 Å². The first kappa shape index (κ1) is 11.8. The van der Waals surface area contributed by atoms with Gasteiger partial charge in [-0.2, -0.15) is 11.8 Å². The highest BCUT2D eigenvalue weighted by Crippen LogP contribution is 2.10. The van der Waals surface area contributed by atoms with Crippen LogP contribution in [-0.4, -0.2) is 55.2 Å². The minimum absolute atomic E-state index is 0.0225. The number of carbonyl (C=O) groups excluding carboxylic acids is 1. The summed E-state index contributed by atoms with van der Waals surface area (Å²) in [5.74, 6) is 2.18. The van der Waals surface area contributed by atoms with E-state index < -0.39 is 6.04 Å². The lowest BCUT2D eigenvalue weighted by atomic mass is 10.2. The predicted octanol–water partition coefficient (Wildman–Crippen LogP) is -0.0744. The lowest BCUT2D eigenvalue weighted by Gasteiger charge is -2.23. The molecule has 1 aliphatic rings. The van der Waals surface area contributed by atoms with E-state index >= 15 is 0 Å². The van der Waals surface area contributed by atoms with Gasteiger partial charge in [-0.25, -0.2) is 0 Å². The smallest absolute Gasteiger partial charge is 0.241 e. The summed E-state index contributed by atoms with van der Waals surface area (Å²) in [6.07, 6.45) is 1.07. The van der Waals surface area contributed by atoms with Gasteiger partial charge in [-0.05, 0) is 12.2 Å². The Labute approximate surface area is 89.2 Å². The molecule has 0 radical (unpaired) electrons. The number of nitrogens with zero attached hydrogens (tertiary/aromatic N) is 1. The SMILES string of the molecule is COCC(N)C(=O)N1CCCSCC1. The van der Waals surface area contributed by atoms with Gasteiger partial charge < -0.3 is 15.4 Å². The van der Waals surface area contributed by atoms with Crippen LogP contribution in [0.15, 0.2) is 0 Å². The molecule has 0 spiro atoms. The van der Waals surface area contributed by atoms with Crippen molar-refractivity contribution < 1.29 is 9.53 Å². The van der Waals surface area contributed by atoms with E-state index in [-0.39, 0.29) is 5.91 Å². The Kier molecular flexibility index (Phi) is 5.29. The molecular weight excluding hydrogens is 200 g/mol. The number of rotatable bonds is 3.